The smallest absolute Gasteiger partial charge is 0.327 e. The molecule has 1 fully saturated rings. The number of carbonyl (C=O) groups excluding carboxylic acids is 2. The van der Waals surface area contributed by atoms with Gasteiger partial charge in [0, 0.05) is 17.7 Å². The molecule has 7 rings (SSSR count). The van der Waals surface area contributed by atoms with E-state index in [1.165, 1.54) is 11.8 Å². The van der Waals surface area contributed by atoms with Crippen molar-refractivity contribution in [2.45, 2.75) is 42.8 Å². The summed E-state index contributed by atoms with van der Waals surface area (Å²) in [6.45, 7) is 2.23. The molecule has 0 radical (unpaired) electrons. The first kappa shape index (κ1) is 26.9. The lowest BCUT2D eigenvalue weighted by Crippen LogP contribution is -2.49. The van der Waals surface area contributed by atoms with E-state index in [9.17, 15) is 14.9 Å². The average molecular weight is 590 g/mol. The maximum absolute atomic E-state index is 13.5. The summed E-state index contributed by atoms with van der Waals surface area (Å²) in [6, 6.07) is 23.7. The normalized spacial score (nSPS) is 18.3. The van der Waals surface area contributed by atoms with Crippen LogP contribution in [-0.2, 0) is 11.4 Å². The van der Waals surface area contributed by atoms with Crippen molar-refractivity contribution in [2.75, 3.05) is 4.90 Å². The molecule has 2 aliphatic heterocycles. The van der Waals surface area contributed by atoms with E-state index >= 15 is 0 Å². The Morgan fingerprint density at radius 2 is 1.93 bits per heavy atom. The van der Waals surface area contributed by atoms with Gasteiger partial charge in [-0.25, -0.2) is 9.78 Å². The second-order valence-corrected chi connectivity index (χ2v) is 11.9. The molecule has 9 nitrogen and oxygen atoms in total. The summed E-state index contributed by atoms with van der Waals surface area (Å²) in [7, 11) is 0. The van der Waals surface area contributed by atoms with Crippen LogP contribution in [0.3, 0.4) is 0 Å². The van der Waals surface area contributed by atoms with E-state index in [1.807, 2.05) is 61.5 Å². The molecule has 2 atom stereocenters. The number of aryl methyl sites for hydroxylation is 1. The van der Waals surface area contributed by atoms with E-state index in [-0.39, 0.29) is 29.3 Å². The summed E-state index contributed by atoms with van der Waals surface area (Å²) in [5.41, 5.74) is 4.65. The third-order valence-corrected chi connectivity index (χ3v) is 8.88. The number of benzene rings is 3. The number of ether oxygens (including phenoxy) is 2. The summed E-state index contributed by atoms with van der Waals surface area (Å²) in [5, 5.41) is 16.0. The van der Waals surface area contributed by atoms with Gasteiger partial charge in [-0.3, -0.25) is 9.69 Å². The van der Waals surface area contributed by atoms with Gasteiger partial charge in [0.05, 0.1) is 23.0 Å². The number of urea groups is 1. The first-order valence-corrected chi connectivity index (χ1v) is 14.9. The number of amides is 3. The SMILES string of the molecule is Cc1cc(Oc2cccc(COc3ccccc3C#N)c2)ccc1N1C(=O)NC2c3c1ccnc3SC2NC(=O)C1CC1. The fourth-order valence-electron chi connectivity index (χ4n) is 5.40. The van der Waals surface area contributed by atoms with E-state index in [1.54, 1.807) is 29.3 Å². The largest absolute Gasteiger partial charge is 0.488 e. The summed E-state index contributed by atoms with van der Waals surface area (Å²) < 4.78 is 12.0. The molecule has 1 aromatic heterocycles. The van der Waals surface area contributed by atoms with E-state index in [2.05, 4.69) is 21.7 Å². The number of hydrogen-bond donors (Lipinski definition) is 2. The van der Waals surface area contributed by atoms with Gasteiger partial charge in [-0.1, -0.05) is 36.0 Å². The fourth-order valence-corrected chi connectivity index (χ4v) is 6.63. The van der Waals surface area contributed by atoms with Crippen molar-refractivity contribution in [3.63, 3.8) is 0 Å². The molecule has 214 valence electrons. The second-order valence-electron chi connectivity index (χ2n) is 10.7. The molecule has 1 aliphatic carbocycles. The topological polar surface area (TPSA) is 117 Å². The van der Waals surface area contributed by atoms with Crippen molar-refractivity contribution in [1.82, 2.24) is 15.6 Å². The lowest BCUT2D eigenvalue weighted by molar-refractivity contribution is -0.122. The quantitative estimate of drug-likeness (QED) is 0.241. The number of para-hydroxylation sites is 1. The number of carbonyl (C=O) groups is 2. The van der Waals surface area contributed by atoms with Gasteiger partial charge < -0.3 is 20.1 Å². The Hall–Kier alpha value is -5.01. The van der Waals surface area contributed by atoms with Crippen LogP contribution < -0.4 is 25.0 Å². The van der Waals surface area contributed by atoms with Crippen LogP contribution in [0.4, 0.5) is 16.2 Å². The number of nitrogens with zero attached hydrogens (tertiary/aromatic N) is 3. The van der Waals surface area contributed by atoms with Crippen LogP contribution in [0, 0.1) is 24.2 Å². The zero-order valence-corrected chi connectivity index (χ0v) is 24.1. The Balaban J connectivity index is 1.08. The van der Waals surface area contributed by atoms with Gasteiger partial charge in [0.25, 0.3) is 0 Å². The number of rotatable bonds is 8. The Bertz CT molecular complexity index is 1800. The Labute approximate surface area is 252 Å². The number of hydrogen-bond acceptors (Lipinski definition) is 7. The number of thioether (sulfide) groups is 1. The lowest BCUT2D eigenvalue weighted by Gasteiger charge is -2.35. The molecule has 0 spiro atoms. The van der Waals surface area contributed by atoms with Crippen LogP contribution in [-0.4, -0.2) is 22.3 Å². The molecule has 0 bridgehead atoms. The van der Waals surface area contributed by atoms with Gasteiger partial charge in [-0.2, -0.15) is 5.26 Å². The van der Waals surface area contributed by atoms with Gasteiger partial charge in [0.1, 0.15) is 40.3 Å². The standard InChI is InChI=1S/C33H27N5O4S/c1-19-15-24(42-23-7-4-5-20(16-23)18-41-27-8-3-2-6-22(27)17-34)11-12-25(19)38-26-13-14-35-31-28(26)29(36-33(38)40)32(43-31)37-30(39)21-9-10-21/h2-8,11-16,21,29,32H,9-10,18H2,1H3,(H,36,40)(H,37,39). The summed E-state index contributed by atoms with van der Waals surface area (Å²) >= 11 is 1.48. The second kappa shape index (κ2) is 11.0. The molecule has 3 aliphatic rings. The minimum Gasteiger partial charge on any atom is -0.488 e. The molecule has 3 amide bonds. The van der Waals surface area contributed by atoms with E-state index in [0.717, 1.165) is 45.9 Å². The van der Waals surface area contributed by atoms with Crippen LogP contribution in [0.25, 0.3) is 0 Å². The zero-order valence-electron chi connectivity index (χ0n) is 23.2. The highest BCUT2D eigenvalue weighted by molar-refractivity contribution is 8.00. The number of anilines is 2. The maximum Gasteiger partial charge on any atom is 0.327 e. The van der Waals surface area contributed by atoms with E-state index in [4.69, 9.17) is 9.47 Å². The van der Waals surface area contributed by atoms with E-state index < -0.39 is 0 Å². The van der Waals surface area contributed by atoms with Gasteiger partial charge in [0.15, 0.2) is 0 Å². The Kier molecular flexibility index (Phi) is 6.87. The van der Waals surface area contributed by atoms with Crippen molar-refractivity contribution < 1.29 is 19.1 Å². The summed E-state index contributed by atoms with van der Waals surface area (Å²) in [5.74, 6) is 1.93. The van der Waals surface area contributed by atoms with Crippen molar-refractivity contribution in [3.8, 4) is 23.3 Å². The molecule has 3 aromatic carbocycles. The molecule has 2 unspecified atom stereocenters. The first-order valence-electron chi connectivity index (χ1n) is 14.0. The van der Waals surface area contributed by atoms with Crippen molar-refractivity contribution >= 4 is 35.1 Å². The fraction of sp³-hybridized carbons (Fsp3) is 0.212. The molecule has 2 N–H and O–H groups in total. The molecule has 43 heavy (non-hydrogen) atoms. The minimum absolute atomic E-state index is 0.0392. The van der Waals surface area contributed by atoms with Gasteiger partial charge in [-0.15, -0.1) is 0 Å². The summed E-state index contributed by atoms with van der Waals surface area (Å²) in [6.07, 6.45) is 3.54. The van der Waals surface area contributed by atoms with Crippen LogP contribution in [0.2, 0.25) is 0 Å². The maximum atomic E-state index is 13.5. The minimum atomic E-state index is -0.345. The molecule has 1 saturated carbocycles. The van der Waals surface area contributed by atoms with Gasteiger partial charge >= 0.3 is 6.03 Å². The summed E-state index contributed by atoms with van der Waals surface area (Å²) in [4.78, 5) is 32.2. The highest BCUT2D eigenvalue weighted by Gasteiger charge is 2.45. The third-order valence-electron chi connectivity index (χ3n) is 7.68. The van der Waals surface area contributed by atoms with Gasteiger partial charge in [-0.05, 0) is 79.4 Å². The zero-order chi connectivity index (χ0) is 29.5. The van der Waals surface area contributed by atoms with Crippen molar-refractivity contribution in [2.24, 2.45) is 5.92 Å². The Morgan fingerprint density at radius 1 is 1.09 bits per heavy atom. The lowest BCUT2D eigenvalue weighted by atomic mass is 10.0. The predicted octanol–water partition coefficient (Wildman–Crippen LogP) is 6.49. The highest BCUT2D eigenvalue weighted by atomic mass is 32.2. The van der Waals surface area contributed by atoms with Crippen LogP contribution in [0.5, 0.6) is 17.2 Å². The number of nitrogens with one attached hydrogen (secondary N) is 2. The Morgan fingerprint density at radius 3 is 2.74 bits per heavy atom. The number of aromatic nitrogens is 1. The molecule has 0 saturated heterocycles. The molecule has 10 heteroatoms. The van der Waals surface area contributed by atoms with Crippen molar-refractivity contribution in [1.29, 1.82) is 5.26 Å². The van der Waals surface area contributed by atoms with Crippen LogP contribution >= 0.6 is 11.8 Å². The molecule has 3 heterocycles. The van der Waals surface area contributed by atoms with Crippen molar-refractivity contribution in [3.05, 3.63) is 101 Å². The molecular weight excluding hydrogens is 562 g/mol. The van der Waals surface area contributed by atoms with Crippen LogP contribution in [0.15, 0.2) is 84.0 Å². The molecule has 4 aromatic rings. The highest BCUT2D eigenvalue weighted by Crippen LogP contribution is 2.50. The monoisotopic (exact) mass is 589 g/mol. The average Bonchev–Trinajstić information content (AvgIpc) is 3.81. The third kappa shape index (κ3) is 5.24. The number of pyridine rings is 1. The molecular formula is C33H27N5O4S. The van der Waals surface area contributed by atoms with E-state index in [0.29, 0.717) is 29.4 Å². The predicted molar refractivity (Wildman–Crippen MR) is 161 cm³/mol. The van der Waals surface area contributed by atoms with Crippen LogP contribution in [0.1, 0.15) is 41.1 Å². The van der Waals surface area contributed by atoms with Gasteiger partial charge in [0.2, 0.25) is 5.91 Å². The number of nitriles is 1. The first-order chi connectivity index (χ1) is 21.0.